The number of hydrogen-bond acceptors (Lipinski definition) is 3. The highest BCUT2D eigenvalue weighted by molar-refractivity contribution is 7.80. The second-order valence-corrected chi connectivity index (χ2v) is 5.13. The molecule has 1 aromatic heterocycles. The molecule has 20 heavy (non-hydrogen) atoms. The summed E-state index contributed by atoms with van der Waals surface area (Å²) in [7, 11) is 0. The highest BCUT2D eigenvalue weighted by Gasteiger charge is 2.10. The van der Waals surface area contributed by atoms with Crippen LogP contribution in [0.15, 0.2) is 42.6 Å². The normalized spacial score (nSPS) is 11.9. The van der Waals surface area contributed by atoms with Gasteiger partial charge < -0.3 is 10.5 Å². The van der Waals surface area contributed by atoms with Crippen LogP contribution < -0.4 is 10.5 Å². The maximum absolute atomic E-state index is 5.97. The predicted octanol–water partition coefficient (Wildman–Crippen LogP) is 4.02. The number of rotatable bonds is 5. The standard InChI is InChI=1S/C16H18N2OS/c1-3-11(2)13-6-4-5-7-15(13)19-12-8-9-18-14(10-12)16(17)20/h4-11H,3H2,1-2H3,(H2,17,20). The van der Waals surface area contributed by atoms with Crippen molar-refractivity contribution in [2.75, 3.05) is 0 Å². The summed E-state index contributed by atoms with van der Waals surface area (Å²) in [6, 6.07) is 11.6. The maximum atomic E-state index is 5.97. The van der Waals surface area contributed by atoms with E-state index in [1.54, 1.807) is 18.3 Å². The van der Waals surface area contributed by atoms with Crippen LogP contribution in [-0.2, 0) is 0 Å². The molecule has 1 aromatic carbocycles. The molecule has 1 atom stereocenters. The number of benzene rings is 1. The first-order chi connectivity index (χ1) is 9.61. The predicted molar refractivity (Wildman–Crippen MR) is 85.3 cm³/mol. The van der Waals surface area contributed by atoms with E-state index < -0.39 is 0 Å². The molecule has 0 aliphatic carbocycles. The lowest BCUT2D eigenvalue weighted by atomic mass is 9.98. The van der Waals surface area contributed by atoms with Crippen LogP contribution in [0.4, 0.5) is 0 Å². The Morgan fingerprint density at radius 3 is 2.80 bits per heavy atom. The van der Waals surface area contributed by atoms with Gasteiger partial charge in [-0.25, -0.2) is 0 Å². The summed E-state index contributed by atoms with van der Waals surface area (Å²) in [5, 5.41) is 0. The average molecular weight is 286 g/mol. The first-order valence-corrected chi connectivity index (χ1v) is 7.05. The third-order valence-electron chi connectivity index (χ3n) is 3.27. The van der Waals surface area contributed by atoms with E-state index in [0.29, 0.717) is 17.4 Å². The van der Waals surface area contributed by atoms with E-state index in [0.717, 1.165) is 12.2 Å². The number of aromatic nitrogens is 1. The third-order valence-corrected chi connectivity index (χ3v) is 3.48. The quantitative estimate of drug-likeness (QED) is 0.843. The van der Waals surface area contributed by atoms with Gasteiger partial charge in [-0.15, -0.1) is 0 Å². The summed E-state index contributed by atoms with van der Waals surface area (Å²) >= 11 is 4.93. The minimum absolute atomic E-state index is 0.269. The van der Waals surface area contributed by atoms with E-state index >= 15 is 0 Å². The summed E-state index contributed by atoms with van der Waals surface area (Å²) in [6.45, 7) is 4.36. The molecule has 2 rings (SSSR count). The summed E-state index contributed by atoms with van der Waals surface area (Å²) < 4.78 is 5.97. The SMILES string of the molecule is CCC(C)c1ccccc1Oc1ccnc(C(N)=S)c1. The third kappa shape index (κ3) is 3.33. The first-order valence-electron chi connectivity index (χ1n) is 6.64. The minimum atomic E-state index is 0.269. The van der Waals surface area contributed by atoms with Gasteiger partial charge in [-0.3, -0.25) is 4.98 Å². The first kappa shape index (κ1) is 14.5. The van der Waals surface area contributed by atoms with Crippen molar-refractivity contribution in [1.29, 1.82) is 0 Å². The number of thiocarbonyl (C=S) groups is 1. The Kier molecular flexibility index (Phi) is 4.69. The van der Waals surface area contributed by atoms with E-state index in [-0.39, 0.29) is 4.99 Å². The van der Waals surface area contributed by atoms with Crippen LogP contribution in [0.5, 0.6) is 11.5 Å². The molecule has 104 valence electrons. The fourth-order valence-electron chi connectivity index (χ4n) is 1.94. The van der Waals surface area contributed by atoms with Crippen molar-refractivity contribution >= 4 is 17.2 Å². The van der Waals surface area contributed by atoms with Crippen LogP contribution in [0.2, 0.25) is 0 Å². The molecule has 0 spiro atoms. The van der Waals surface area contributed by atoms with Gasteiger partial charge in [-0.1, -0.05) is 44.3 Å². The van der Waals surface area contributed by atoms with Gasteiger partial charge in [-0.2, -0.15) is 0 Å². The van der Waals surface area contributed by atoms with Crippen molar-refractivity contribution in [3.63, 3.8) is 0 Å². The number of para-hydroxylation sites is 1. The Morgan fingerprint density at radius 2 is 2.10 bits per heavy atom. The highest BCUT2D eigenvalue weighted by Crippen LogP contribution is 2.31. The van der Waals surface area contributed by atoms with Crippen LogP contribution in [0.3, 0.4) is 0 Å². The second-order valence-electron chi connectivity index (χ2n) is 4.69. The van der Waals surface area contributed by atoms with Crippen molar-refractivity contribution in [2.45, 2.75) is 26.2 Å². The molecule has 0 fully saturated rings. The lowest BCUT2D eigenvalue weighted by molar-refractivity contribution is 0.469. The largest absolute Gasteiger partial charge is 0.457 e. The van der Waals surface area contributed by atoms with Gasteiger partial charge >= 0.3 is 0 Å². The van der Waals surface area contributed by atoms with Gasteiger partial charge in [0.15, 0.2) is 0 Å². The smallest absolute Gasteiger partial charge is 0.131 e. The second kappa shape index (κ2) is 6.48. The summed E-state index contributed by atoms with van der Waals surface area (Å²) in [4.78, 5) is 4.38. The molecule has 0 radical (unpaired) electrons. The van der Waals surface area contributed by atoms with Crippen LogP contribution in [0.25, 0.3) is 0 Å². The van der Waals surface area contributed by atoms with Gasteiger partial charge in [0.2, 0.25) is 0 Å². The summed E-state index contributed by atoms with van der Waals surface area (Å²) in [5.41, 5.74) is 7.36. The Labute approximate surface area is 124 Å². The van der Waals surface area contributed by atoms with Crippen LogP contribution in [-0.4, -0.2) is 9.97 Å². The van der Waals surface area contributed by atoms with Crippen LogP contribution in [0, 0.1) is 0 Å². The molecule has 0 saturated carbocycles. The van der Waals surface area contributed by atoms with Crippen molar-refractivity contribution < 1.29 is 4.74 Å². The number of ether oxygens (including phenoxy) is 1. The minimum Gasteiger partial charge on any atom is -0.457 e. The van der Waals surface area contributed by atoms with Gasteiger partial charge in [0.25, 0.3) is 0 Å². The van der Waals surface area contributed by atoms with Crippen molar-refractivity contribution in [2.24, 2.45) is 5.73 Å². The molecule has 0 aliphatic rings. The van der Waals surface area contributed by atoms with Gasteiger partial charge in [0, 0.05) is 12.3 Å². The number of nitrogens with zero attached hydrogens (tertiary/aromatic N) is 1. The summed E-state index contributed by atoms with van der Waals surface area (Å²) in [5.74, 6) is 2.00. The maximum Gasteiger partial charge on any atom is 0.131 e. The van der Waals surface area contributed by atoms with Gasteiger partial charge in [0.05, 0.1) is 0 Å². The molecule has 0 bridgehead atoms. The lowest BCUT2D eigenvalue weighted by Crippen LogP contribution is -2.11. The molecule has 0 saturated heterocycles. The molecule has 4 heteroatoms. The van der Waals surface area contributed by atoms with Crippen molar-refractivity contribution in [3.8, 4) is 11.5 Å². The van der Waals surface area contributed by atoms with Gasteiger partial charge in [-0.05, 0) is 30.0 Å². The zero-order chi connectivity index (χ0) is 14.5. The Morgan fingerprint density at radius 1 is 1.35 bits per heavy atom. The van der Waals surface area contributed by atoms with E-state index in [4.69, 9.17) is 22.7 Å². The van der Waals surface area contributed by atoms with Crippen LogP contribution in [0.1, 0.15) is 37.4 Å². The number of hydrogen-bond donors (Lipinski definition) is 1. The van der Waals surface area contributed by atoms with E-state index in [1.165, 1.54) is 5.56 Å². The molecule has 1 heterocycles. The van der Waals surface area contributed by atoms with E-state index in [1.807, 2.05) is 18.2 Å². The molecule has 0 amide bonds. The lowest BCUT2D eigenvalue weighted by Gasteiger charge is -2.15. The zero-order valence-corrected chi connectivity index (χ0v) is 12.5. The van der Waals surface area contributed by atoms with Gasteiger partial charge in [0.1, 0.15) is 22.2 Å². The fourth-order valence-corrected chi connectivity index (χ4v) is 2.05. The molecular formula is C16H18N2OS. The van der Waals surface area contributed by atoms with Crippen molar-refractivity contribution in [1.82, 2.24) is 4.98 Å². The zero-order valence-electron chi connectivity index (χ0n) is 11.7. The molecule has 2 N–H and O–H groups in total. The van der Waals surface area contributed by atoms with Crippen molar-refractivity contribution in [3.05, 3.63) is 53.9 Å². The van der Waals surface area contributed by atoms with E-state index in [9.17, 15) is 0 Å². The molecule has 0 aliphatic heterocycles. The monoisotopic (exact) mass is 286 g/mol. The fraction of sp³-hybridized carbons (Fsp3) is 0.250. The summed E-state index contributed by atoms with van der Waals surface area (Å²) in [6.07, 6.45) is 2.71. The molecule has 1 unspecified atom stereocenters. The van der Waals surface area contributed by atoms with E-state index in [2.05, 4.69) is 24.9 Å². The Bertz CT molecular complexity index is 613. The molecule has 2 aromatic rings. The average Bonchev–Trinajstić information content (AvgIpc) is 2.47. The highest BCUT2D eigenvalue weighted by atomic mass is 32.1. The number of nitrogens with two attached hydrogens (primary N) is 1. The number of pyridine rings is 1. The molecule has 3 nitrogen and oxygen atoms in total. The molecular weight excluding hydrogens is 268 g/mol. The van der Waals surface area contributed by atoms with Crippen LogP contribution >= 0.6 is 12.2 Å². The topological polar surface area (TPSA) is 48.1 Å². The Balaban J connectivity index is 2.30. The Hall–Kier alpha value is -1.94.